The van der Waals surface area contributed by atoms with E-state index in [0.717, 1.165) is 122 Å². The fourth-order valence-electron chi connectivity index (χ4n) is 6.41. The van der Waals surface area contributed by atoms with Crippen molar-refractivity contribution < 1.29 is 28.6 Å². The average molecular weight is 923 g/mol. The van der Waals surface area contributed by atoms with Crippen molar-refractivity contribution in [2.45, 2.75) is 207 Å². The first-order valence-corrected chi connectivity index (χ1v) is 26.3. The Morgan fingerprint density at radius 2 is 0.597 bits per heavy atom. The molecule has 0 N–H and O–H groups in total. The summed E-state index contributed by atoms with van der Waals surface area (Å²) >= 11 is 0. The molecule has 0 amide bonds. The highest BCUT2D eigenvalue weighted by Crippen LogP contribution is 2.11. The van der Waals surface area contributed by atoms with Gasteiger partial charge >= 0.3 is 17.9 Å². The lowest BCUT2D eigenvalue weighted by Gasteiger charge is -2.18. The van der Waals surface area contributed by atoms with E-state index < -0.39 is 6.10 Å². The smallest absolute Gasteiger partial charge is 0.306 e. The van der Waals surface area contributed by atoms with Crippen LogP contribution in [0, 0.1) is 0 Å². The van der Waals surface area contributed by atoms with Gasteiger partial charge in [-0.15, -0.1) is 0 Å². The summed E-state index contributed by atoms with van der Waals surface area (Å²) < 4.78 is 16.7. The van der Waals surface area contributed by atoms with Gasteiger partial charge < -0.3 is 14.2 Å². The first-order valence-electron chi connectivity index (χ1n) is 26.3. The van der Waals surface area contributed by atoms with Crippen LogP contribution in [0.5, 0.6) is 0 Å². The van der Waals surface area contributed by atoms with Gasteiger partial charge in [0.05, 0.1) is 0 Å². The van der Waals surface area contributed by atoms with Crippen molar-refractivity contribution in [3.63, 3.8) is 0 Å². The summed E-state index contributed by atoms with van der Waals surface area (Å²) in [6.07, 6.45) is 76.9. The minimum absolute atomic E-state index is 0.133. The Labute approximate surface area is 410 Å². The second kappa shape index (κ2) is 53.9. The molecule has 0 bridgehead atoms. The van der Waals surface area contributed by atoms with Crippen LogP contribution in [0.3, 0.4) is 0 Å². The third-order valence-corrected chi connectivity index (χ3v) is 10.3. The van der Waals surface area contributed by atoms with Crippen molar-refractivity contribution >= 4 is 17.9 Å². The van der Waals surface area contributed by atoms with Crippen molar-refractivity contribution in [1.82, 2.24) is 0 Å². The Morgan fingerprint density at radius 3 is 0.985 bits per heavy atom. The van der Waals surface area contributed by atoms with E-state index in [1.54, 1.807) is 0 Å². The fourth-order valence-corrected chi connectivity index (χ4v) is 6.41. The minimum atomic E-state index is -0.836. The highest BCUT2D eigenvalue weighted by molar-refractivity contribution is 5.71. The molecule has 374 valence electrons. The number of rotatable bonds is 45. The molecule has 0 aromatic heterocycles. The van der Waals surface area contributed by atoms with Gasteiger partial charge in [-0.3, -0.25) is 14.4 Å². The van der Waals surface area contributed by atoms with E-state index in [9.17, 15) is 14.4 Å². The number of unbranched alkanes of at least 4 members (excludes halogenated alkanes) is 10. The maximum atomic E-state index is 12.8. The fraction of sp³-hybridized carbons (Fsp3) is 0.557. The summed E-state index contributed by atoms with van der Waals surface area (Å²) in [5.41, 5.74) is 0. The maximum Gasteiger partial charge on any atom is 0.306 e. The lowest BCUT2D eigenvalue weighted by molar-refractivity contribution is -0.167. The summed E-state index contributed by atoms with van der Waals surface area (Å²) in [5.74, 6) is -1.06. The number of ether oxygens (including phenoxy) is 3. The molecule has 6 nitrogen and oxygen atoms in total. The zero-order valence-electron chi connectivity index (χ0n) is 42.6. The van der Waals surface area contributed by atoms with Crippen molar-refractivity contribution in [3.8, 4) is 0 Å². The molecule has 0 aliphatic carbocycles. The van der Waals surface area contributed by atoms with Gasteiger partial charge in [0.25, 0.3) is 0 Å². The van der Waals surface area contributed by atoms with Gasteiger partial charge in [-0.05, 0) is 135 Å². The van der Waals surface area contributed by atoms with Crippen molar-refractivity contribution in [3.05, 3.63) is 146 Å². The zero-order valence-corrected chi connectivity index (χ0v) is 42.6. The van der Waals surface area contributed by atoms with Crippen LogP contribution in [0.1, 0.15) is 201 Å². The maximum absolute atomic E-state index is 12.8. The lowest BCUT2D eigenvalue weighted by Crippen LogP contribution is -2.30. The predicted octanol–water partition coefficient (Wildman–Crippen LogP) is 17.6. The van der Waals surface area contributed by atoms with Crippen molar-refractivity contribution in [1.29, 1.82) is 0 Å². The quantitative estimate of drug-likeness (QED) is 0.0262. The number of carbonyl (C=O) groups excluding carboxylic acids is 3. The summed E-state index contributed by atoms with van der Waals surface area (Å²) in [6, 6.07) is 0. The van der Waals surface area contributed by atoms with Gasteiger partial charge in [0.1, 0.15) is 13.2 Å². The molecule has 0 saturated carbocycles. The summed E-state index contributed by atoms with van der Waals surface area (Å²) in [5, 5.41) is 0. The zero-order chi connectivity index (χ0) is 48.6. The van der Waals surface area contributed by atoms with Gasteiger partial charge in [0.15, 0.2) is 6.10 Å². The highest BCUT2D eigenvalue weighted by Gasteiger charge is 2.19. The molecule has 0 heterocycles. The van der Waals surface area contributed by atoms with E-state index in [-0.39, 0.29) is 50.4 Å². The Morgan fingerprint density at radius 1 is 0.313 bits per heavy atom. The summed E-state index contributed by atoms with van der Waals surface area (Å²) in [7, 11) is 0. The van der Waals surface area contributed by atoms with Crippen molar-refractivity contribution in [2.75, 3.05) is 13.2 Å². The molecule has 67 heavy (non-hydrogen) atoms. The number of hydrogen-bond donors (Lipinski definition) is 0. The molecule has 0 aromatic carbocycles. The third-order valence-electron chi connectivity index (χ3n) is 10.3. The van der Waals surface area contributed by atoms with Crippen LogP contribution in [-0.4, -0.2) is 37.2 Å². The third kappa shape index (κ3) is 52.1. The molecule has 1 atom stereocenters. The monoisotopic (exact) mass is 923 g/mol. The molecule has 0 radical (unpaired) electrons. The second-order valence-corrected chi connectivity index (χ2v) is 16.7. The van der Waals surface area contributed by atoms with Gasteiger partial charge in [0, 0.05) is 19.3 Å². The van der Waals surface area contributed by atoms with Crippen LogP contribution >= 0.6 is 0 Å². The first-order chi connectivity index (χ1) is 33.0. The van der Waals surface area contributed by atoms with Crippen LogP contribution in [0.2, 0.25) is 0 Å². The largest absolute Gasteiger partial charge is 0.462 e. The van der Waals surface area contributed by atoms with E-state index in [1.165, 1.54) is 25.7 Å². The van der Waals surface area contributed by atoms with Gasteiger partial charge in [-0.25, -0.2) is 0 Å². The standard InChI is InChI=1S/C61H94O6/c1-4-7-10-13-16-19-22-25-28-30-33-36-39-42-45-48-51-54-60(63)66-57-58(56-65-59(62)53-50-47-44-41-38-35-32-27-24-21-18-15-12-9-6-3)67-61(64)55-52-49-46-43-40-37-34-31-29-26-23-20-17-14-11-8-5-2/h7,9-10,12,16-21,25-29,32-34,36-38,41-42,45,58H,4-6,8,11,13-15,22-24,30-31,35,39-40,43-44,46-57H2,1-3H3/b10-7-,12-9-,19-16-,20-17-,21-18-,28-25-,29-26-,32-27-,36-33-,37-34-,41-38-,45-42-/t58-/m1/s1. The molecule has 0 fully saturated rings. The predicted molar refractivity (Wildman–Crippen MR) is 288 cm³/mol. The number of hydrogen-bond acceptors (Lipinski definition) is 6. The van der Waals surface area contributed by atoms with Gasteiger partial charge in [-0.2, -0.15) is 0 Å². The molecule has 0 aromatic rings. The molecule has 0 rings (SSSR count). The lowest BCUT2D eigenvalue weighted by atomic mass is 10.1. The molecular formula is C61H94O6. The minimum Gasteiger partial charge on any atom is -0.462 e. The van der Waals surface area contributed by atoms with Crippen LogP contribution < -0.4 is 0 Å². The van der Waals surface area contributed by atoms with Crippen LogP contribution in [0.25, 0.3) is 0 Å². The molecular weight excluding hydrogens is 829 g/mol. The average Bonchev–Trinajstić information content (AvgIpc) is 3.33. The topological polar surface area (TPSA) is 78.9 Å². The Bertz CT molecular complexity index is 1530. The molecule has 0 saturated heterocycles. The molecule has 0 spiro atoms. The van der Waals surface area contributed by atoms with Crippen molar-refractivity contribution in [2.24, 2.45) is 0 Å². The van der Waals surface area contributed by atoms with E-state index in [0.29, 0.717) is 12.8 Å². The van der Waals surface area contributed by atoms with Crippen LogP contribution in [0.4, 0.5) is 0 Å². The van der Waals surface area contributed by atoms with E-state index in [1.807, 2.05) is 0 Å². The number of esters is 3. The Balaban J connectivity index is 4.62. The summed E-state index contributed by atoms with van der Waals surface area (Å²) in [4.78, 5) is 38.0. The first kappa shape index (κ1) is 62.3. The van der Waals surface area contributed by atoms with E-state index in [2.05, 4.69) is 167 Å². The Hall–Kier alpha value is -4.71. The molecule has 6 heteroatoms. The highest BCUT2D eigenvalue weighted by atomic mass is 16.6. The molecule has 0 unspecified atom stereocenters. The van der Waals surface area contributed by atoms with E-state index >= 15 is 0 Å². The van der Waals surface area contributed by atoms with E-state index in [4.69, 9.17) is 14.2 Å². The number of allylic oxidation sites excluding steroid dienone is 24. The van der Waals surface area contributed by atoms with Crippen LogP contribution in [-0.2, 0) is 28.6 Å². The Kier molecular flexibility index (Phi) is 50.1. The van der Waals surface area contributed by atoms with Crippen LogP contribution in [0.15, 0.2) is 146 Å². The normalized spacial score (nSPS) is 13.3. The number of carbonyl (C=O) groups is 3. The molecule has 0 aliphatic heterocycles. The SMILES string of the molecule is CC/C=C\C/C=C\C/C=C\C/C=C\C/C=C\CCCC(=O)OC[C@@H](COC(=O)CCCC/C=C\C/C=C\C/C=C\C/C=C\CC)OC(=O)CCCCCC/C=C\C/C=C\C/C=C\CCCCC. The van der Waals surface area contributed by atoms with Gasteiger partial charge in [0.2, 0.25) is 0 Å². The molecule has 0 aliphatic rings. The van der Waals surface area contributed by atoms with Gasteiger partial charge in [-0.1, -0.05) is 192 Å². The second-order valence-electron chi connectivity index (χ2n) is 16.7. The summed E-state index contributed by atoms with van der Waals surface area (Å²) in [6.45, 7) is 6.25.